The molecule has 2 heterocycles. The number of ether oxygens (including phenoxy) is 2. The summed E-state index contributed by atoms with van der Waals surface area (Å²) in [7, 11) is 1.82. The van der Waals surface area contributed by atoms with Gasteiger partial charge in [0.15, 0.2) is 11.5 Å². The van der Waals surface area contributed by atoms with E-state index in [2.05, 4.69) is 16.5 Å². The van der Waals surface area contributed by atoms with Gasteiger partial charge in [-0.05, 0) is 69.0 Å². The average Bonchev–Trinajstić information content (AvgIpc) is 3.23. The van der Waals surface area contributed by atoms with Crippen LogP contribution in [0.1, 0.15) is 60.5 Å². The first-order valence-corrected chi connectivity index (χ1v) is 13.4. The number of carbonyl (C=O) groups excluding carboxylic acids is 2. The Hall–Kier alpha value is -3.81. The molecule has 0 spiro atoms. The van der Waals surface area contributed by atoms with Gasteiger partial charge in [-0.3, -0.25) is 19.2 Å². The van der Waals surface area contributed by atoms with E-state index in [1.165, 1.54) is 6.42 Å². The second kappa shape index (κ2) is 10.9. The van der Waals surface area contributed by atoms with E-state index in [1.807, 2.05) is 64.3 Å². The van der Waals surface area contributed by atoms with Crippen LogP contribution >= 0.6 is 0 Å². The number of nitrogens with zero attached hydrogens (tertiary/aromatic N) is 3. The number of benzene rings is 2. The molecule has 2 atom stereocenters. The Morgan fingerprint density at radius 1 is 1.03 bits per heavy atom. The molecule has 1 N–H and O–H groups in total. The van der Waals surface area contributed by atoms with Crippen LogP contribution in [0.15, 0.2) is 48.7 Å². The Morgan fingerprint density at radius 2 is 1.71 bits per heavy atom. The maximum atomic E-state index is 14.4. The van der Waals surface area contributed by atoms with Gasteiger partial charge in [0, 0.05) is 30.5 Å². The normalized spacial score (nSPS) is 18.1. The summed E-state index contributed by atoms with van der Waals surface area (Å²) >= 11 is 0. The van der Waals surface area contributed by atoms with Crippen LogP contribution < -0.4 is 19.7 Å². The minimum Gasteiger partial charge on any atom is -0.485 e. The molecule has 1 aliphatic heterocycles. The first-order chi connectivity index (χ1) is 18.3. The van der Waals surface area contributed by atoms with Crippen LogP contribution in [0, 0.1) is 20.8 Å². The number of fused-ring (bicyclic) bond motifs is 1. The van der Waals surface area contributed by atoms with Crippen LogP contribution in [-0.2, 0) is 16.6 Å². The molecule has 1 aliphatic carbocycles. The number of carbonyl (C=O) groups is 2. The molecule has 1 aromatic heterocycles. The molecule has 0 radical (unpaired) electrons. The van der Waals surface area contributed by atoms with Gasteiger partial charge in [0.2, 0.25) is 12.0 Å². The van der Waals surface area contributed by atoms with Gasteiger partial charge in [0.25, 0.3) is 5.91 Å². The van der Waals surface area contributed by atoms with Gasteiger partial charge in [0.1, 0.15) is 12.6 Å². The summed E-state index contributed by atoms with van der Waals surface area (Å²) in [6, 6.07) is 12.4. The van der Waals surface area contributed by atoms with E-state index < -0.39 is 12.1 Å². The SMILES string of the molecule is Cc1cc(C)cc(N(C(=O)[C@H]2COc3ccccc3O2)[C@H](C(=O)NC2CCCCC2)c2cn(C)nc2C)c1. The highest BCUT2D eigenvalue weighted by Gasteiger charge is 2.41. The second-order valence-electron chi connectivity index (χ2n) is 10.5. The molecule has 1 fully saturated rings. The number of anilines is 1. The second-order valence-corrected chi connectivity index (χ2v) is 10.5. The molecule has 38 heavy (non-hydrogen) atoms. The molecule has 2 aliphatic rings. The standard InChI is InChI=1S/C30H36N4O4/c1-19-14-20(2)16-23(15-19)34(30(36)27-18-37-25-12-8-9-13-26(25)38-27)28(24-17-33(4)32-21(24)3)29(35)31-22-10-6-5-7-11-22/h8-9,12-17,22,27-28H,5-7,10-11,18H2,1-4H3,(H,31,35)/t27-,28+/m1/s1. The Morgan fingerprint density at radius 3 is 2.37 bits per heavy atom. The lowest BCUT2D eigenvalue weighted by Crippen LogP contribution is -2.52. The number of rotatable bonds is 6. The first-order valence-electron chi connectivity index (χ1n) is 13.4. The Balaban J connectivity index is 1.58. The van der Waals surface area contributed by atoms with Crippen LogP contribution in [0.5, 0.6) is 11.5 Å². The highest BCUT2D eigenvalue weighted by molar-refractivity contribution is 6.04. The zero-order valence-corrected chi connectivity index (χ0v) is 22.6. The molecular formula is C30H36N4O4. The molecule has 0 bridgehead atoms. The van der Waals surface area contributed by atoms with Crippen molar-refractivity contribution in [1.29, 1.82) is 0 Å². The van der Waals surface area contributed by atoms with Crippen molar-refractivity contribution in [2.24, 2.45) is 7.05 Å². The fraction of sp³-hybridized carbons (Fsp3) is 0.433. The molecular weight excluding hydrogens is 480 g/mol. The van der Waals surface area contributed by atoms with E-state index in [9.17, 15) is 9.59 Å². The van der Waals surface area contributed by atoms with Crippen molar-refractivity contribution in [3.05, 3.63) is 71.0 Å². The van der Waals surface area contributed by atoms with Crippen molar-refractivity contribution in [3.63, 3.8) is 0 Å². The zero-order valence-electron chi connectivity index (χ0n) is 22.6. The molecule has 8 nitrogen and oxygen atoms in total. The summed E-state index contributed by atoms with van der Waals surface area (Å²) in [4.78, 5) is 30.1. The average molecular weight is 517 g/mol. The third-order valence-electron chi connectivity index (χ3n) is 7.31. The van der Waals surface area contributed by atoms with Crippen LogP contribution in [-0.4, -0.2) is 40.3 Å². The third kappa shape index (κ3) is 5.39. The lowest BCUT2D eigenvalue weighted by atomic mass is 9.94. The Labute approximate surface area is 223 Å². The monoisotopic (exact) mass is 516 g/mol. The molecule has 200 valence electrons. The molecule has 0 saturated heterocycles. The quantitative estimate of drug-likeness (QED) is 0.513. The summed E-state index contributed by atoms with van der Waals surface area (Å²) in [6.07, 6.45) is 6.17. The van der Waals surface area contributed by atoms with Crippen LogP contribution in [0.3, 0.4) is 0 Å². The van der Waals surface area contributed by atoms with Gasteiger partial charge in [-0.15, -0.1) is 0 Å². The maximum Gasteiger partial charge on any atom is 0.272 e. The van der Waals surface area contributed by atoms with Gasteiger partial charge in [0.05, 0.1) is 5.69 Å². The van der Waals surface area contributed by atoms with Gasteiger partial charge in [-0.1, -0.05) is 37.5 Å². The first kappa shape index (κ1) is 25.8. The molecule has 1 saturated carbocycles. The van der Waals surface area contributed by atoms with E-state index in [0.29, 0.717) is 28.4 Å². The number of aryl methyl sites for hydroxylation is 4. The van der Waals surface area contributed by atoms with Gasteiger partial charge in [-0.2, -0.15) is 5.10 Å². The molecule has 0 unspecified atom stereocenters. The van der Waals surface area contributed by atoms with Crippen LogP contribution in [0.4, 0.5) is 5.69 Å². The number of nitrogens with one attached hydrogen (secondary N) is 1. The number of hydrogen-bond donors (Lipinski definition) is 1. The largest absolute Gasteiger partial charge is 0.485 e. The summed E-state index contributed by atoms with van der Waals surface area (Å²) in [5.74, 6) is 0.566. The lowest BCUT2D eigenvalue weighted by Gasteiger charge is -2.36. The van der Waals surface area contributed by atoms with E-state index in [0.717, 1.165) is 36.8 Å². The van der Waals surface area contributed by atoms with E-state index in [4.69, 9.17) is 9.47 Å². The highest BCUT2D eigenvalue weighted by atomic mass is 16.6. The number of hydrogen-bond acceptors (Lipinski definition) is 5. The maximum absolute atomic E-state index is 14.4. The van der Waals surface area contributed by atoms with E-state index >= 15 is 0 Å². The van der Waals surface area contributed by atoms with Crippen LogP contribution in [0.2, 0.25) is 0 Å². The predicted molar refractivity (Wildman–Crippen MR) is 145 cm³/mol. The van der Waals surface area contributed by atoms with Gasteiger partial charge in [-0.25, -0.2) is 0 Å². The molecule has 8 heteroatoms. The fourth-order valence-electron chi connectivity index (χ4n) is 5.60. The summed E-state index contributed by atoms with van der Waals surface area (Å²) < 4.78 is 13.7. The lowest BCUT2D eigenvalue weighted by molar-refractivity contribution is -0.132. The molecule has 2 amide bonds. The van der Waals surface area contributed by atoms with Gasteiger partial charge < -0.3 is 14.8 Å². The van der Waals surface area contributed by atoms with E-state index in [1.54, 1.807) is 15.6 Å². The summed E-state index contributed by atoms with van der Waals surface area (Å²) in [6.45, 7) is 5.90. The van der Waals surface area contributed by atoms with Crippen molar-refractivity contribution in [2.45, 2.75) is 71.1 Å². The Bertz CT molecular complexity index is 1310. The number of aromatic nitrogens is 2. The number of para-hydroxylation sites is 2. The van der Waals surface area contributed by atoms with Crippen molar-refractivity contribution >= 4 is 17.5 Å². The smallest absolute Gasteiger partial charge is 0.272 e. The molecule has 5 rings (SSSR count). The highest BCUT2D eigenvalue weighted by Crippen LogP contribution is 2.36. The van der Waals surface area contributed by atoms with Crippen LogP contribution in [0.25, 0.3) is 0 Å². The van der Waals surface area contributed by atoms with Crippen molar-refractivity contribution in [2.75, 3.05) is 11.5 Å². The minimum atomic E-state index is -0.917. The molecule has 3 aromatic rings. The minimum absolute atomic E-state index is 0.0557. The predicted octanol–water partition coefficient (Wildman–Crippen LogP) is 4.71. The van der Waals surface area contributed by atoms with E-state index in [-0.39, 0.29) is 24.5 Å². The summed E-state index contributed by atoms with van der Waals surface area (Å²) in [5, 5.41) is 7.78. The number of amides is 2. The van der Waals surface area contributed by atoms with Crippen molar-refractivity contribution in [1.82, 2.24) is 15.1 Å². The summed E-state index contributed by atoms with van der Waals surface area (Å²) in [5.41, 5.74) is 4.02. The van der Waals surface area contributed by atoms with Crippen molar-refractivity contribution < 1.29 is 19.1 Å². The fourth-order valence-corrected chi connectivity index (χ4v) is 5.60. The topological polar surface area (TPSA) is 85.7 Å². The third-order valence-corrected chi connectivity index (χ3v) is 7.31. The van der Waals surface area contributed by atoms with Gasteiger partial charge >= 0.3 is 0 Å². The Kier molecular flexibility index (Phi) is 7.40. The van der Waals surface area contributed by atoms with Crippen molar-refractivity contribution in [3.8, 4) is 11.5 Å². The molecule has 2 aromatic carbocycles. The zero-order chi connectivity index (χ0) is 26.8.